The number of carbonyl (C=O) groups excluding carboxylic acids is 1. The first-order chi connectivity index (χ1) is 8.99. The van der Waals surface area contributed by atoms with Gasteiger partial charge in [0.25, 0.3) is 5.91 Å². The molecule has 0 bridgehead atoms. The Bertz CT molecular complexity index is 481. The molecule has 2 rings (SSSR count). The second-order valence-corrected chi connectivity index (χ2v) is 7.18. The molecule has 0 aromatic carbocycles. The maximum Gasteiger partial charge on any atom is 0.305 e. The summed E-state index contributed by atoms with van der Waals surface area (Å²) >= 11 is 4.83. The van der Waals surface area contributed by atoms with Gasteiger partial charge in [0.2, 0.25) is 0 Å². The largest absolute Gasteiger partial charge is 0.481 e. The molecule has 2 heterocycles. The summed E-state index contributed by atoms with van der Waals surface area (Å²) in [6.07, 6.45) is 2.77. The van der Waals surface area contributed by atoms with E-state index in [0.29, 0.717) is 11.4 Å². The van der Waals surface area contributed by atoms with Crippen molar-refractivity contribution in [2.75, 3.05) is 6.54 Å². The second kappa shape index (κ2) is 6.05. The van der Waals surface area contributed by atoms with E-state index in [-0.39, 0.29) is 18.4 Å². The fourth-order valence-corrected chi connectivity index (χ4v) is 3.88. The number of carbonyl (C=O) groups is 2. The number of carboxylic acids is 1. The predicted octanol–water partition coefficient (Wildman–Crippen LogP) is 3.29. The third-order valence-electron chi connectivity index (χ3n) is 3.37. The number of amides is 1. The number of likely N-dealkylation sites (tertiary alicyclic amines) is 1. The number of carboxylic acid groups (broad SMARTS) is 1. The lowest BCUT2D eigenvalue weighted by molar-refractivity contribution is -0.138. The van der Waals surface area contributed by atoms with Crippen LogP contribution in [0, 0.1) is 6.92 Å². The van der Waals surface area contributed by atoms with Crippen molar-refractivity contribution < 1.29 is 14.7 Å². The highest BCUT2D eigenvalue weighted by Crippen LogP contribution is 2.30. The summed E-state index contributed by atoms with van der Waals surface area (Å²) in [6, 6.07) is 1.70. The molecule has 0 saturated carbocycles. The third-order valence-corrected chi connectivity index (χ3v) is 5.49. The molecule has 1 N–H and O–H groups in total. The number of thiophene rings is 1. The van der Waals surface area contributed by atoms with Crippen LogP contribution in [0.5, 0.6) is 0 Å². The van der Waals surface area contributed by atoms with Crippen LogP contribution in [0.2, 0.25) is 0 Å². The minimum absolute atomic E-state index is 0.0373. The van der Waals surface area contributed by atoms with Crippen LogP contribution >= 0.6 is 27.3 Å². The minimum Gasteiger partial charge on any atom is -0.481 e. The molecule has 6 heteroatoms. The van der Waals surface area contributed by atoms with E-state index in [0.717, 1.165) is 28.6 Å². The van der Waals surface area contributed by atoms with Crippen LogP contribution in [-0.2, 0) is 4.79 Å². The van der Waals surface area contributed by atoms with Gasteiger partial charge in [-0.25, -0.2) is 0 Å². The van der Waals surface area contributed by atoms with Crippen molar-refractivity contribution in [2.45, 2.75) is 38.6 Å². The maximum absolute atomic E-state index is 12.5. The van der Waals surface area contributed by atoms with Gasteiger partial charge in [-0.3, -0.25) is 9.59 Å². The van der Waals surface area contributed by atoms with Gasteiger partial charge in [-0.15, -0.1) is 11.3 Å². The Morgan fingerprint density at radius 1 is 1.53 bits per heavy atom. The van der Waals surface area contributed by atoms with Crippen molar-refractivity contribution in [3.63, 3.8) is 0 Å². The molecular weight excluding hydrogens is 330 g/mol. The molecule has 1 aliphatic heterocycles. The first-order valence-corrected chi connectivity index (χ1v) is 7.88. The summed E-state index contributed by atoms with van der Waals surface area (Å²) < 4.78 is 0.961. The van der Waals surface area contributed by atoms with Gasteiger partial charge in [-0.1, -0.05) is 0 Å². The van der Waals surface area contributed by atoms with Crippen LogP contribution in [0.4, 0.5) is 0 Å². The highest BCUT2D eigenvalue weighted by molar-refractivity contribution is 9.11. The second-order valence-electron chi connectivity index (χ2n) is 4.81. The van der Waals surface area contributed by atoms with E-state index in [1.54, 1.807) is 4.90 Å². The Morgan fingerprint density at radius 3 is 2.84 bits per heavy atom. The van der Waals surface area contributed by atoms with Gasteiger partial charge in [0, 0.05) is 12.6 Å². The molecule has 0 aliphatic carbocycles. The summed E-state index contributed by atoms with van der Waals surface area (Å²) in [5, 5.41) is 8.94. The SMILES string of the molecule is Cc1cc(C(=O)N2CCCCC2CC(=O)O)sc1Br. The van der Waals surface area contributed by atoms with Gasteiger partial charge in [0.1, 0.15) is 0 Å². The molecule has 0 spiro atoms. The monoisotopic (exact) mass is 345 g/mol. The molecular formula is C13H16BrNO3S. The zero-order valence-corrected chi connectivity index (χ0v) is 13.1. The summed E-state index contributed by atoms with van der Waals surface area (Å²) in [6.45, 7) is 2.60. The van der Waals surface area contributed by atoms with Gasteiger partial charge in [-0.2, -0.15) is 0 Å². The topological polar surface area (TPSA) is 57.6 Å². The zero-order chi connectivity index (χ0) is 14.0. The summed E-state index contributed by atoms with van der Waals surface area (Å²) in [4.78, 5) is 25.8. The number of aryl methyl sites for hydroxylation is 1. The molecule has 4 nitrogen and oxygen atoms in total. The summed E-state index contributed by atoms with van der Waals surface area (Å²) in [7, 11) is 0. The normalized spacial score (nSPS) is 19.5. The van der Waals surface area contributed by atoms with Gasteiger partial charge >= 0.3 is 5.97 Å². The molecule has 1 atom stereocenters. The van der Waals surface area contributed by atoms with Crippen LogP contribution in [0.1, 0.15) is 40.9 Å². The molecule has 104 valence electrons. The summed E-state index contributed by atoms with van der Waals surface area (Å²) in [5.41, 5.74) is 1.04. The lowest BCUT2D eigenvalue weighted by atomic mass is 9.99. The van der Waals surface area contributed by atoms with Gasteiger partial charge in [-0.05, 0) is 53.7 Å². The van der Waals surface area contributed by atoms with E-state index >= 15 is 0 Å². The van der Waals surface area contributed by atoms with E-state index in [2.05, 4.69) is 15.9 Å². The average Bonchev–Trinajstić information content (AvgIpc) is 2.69. The molecule has 1 unspecified atom stereocenters. The van der Waals surface area contributed by atoms with Gasteiger partial charge in [0.05, 0.1) is 15.1 Å². The molecule has 1 amide bonds. The molecule has 1 aliphatic rings. The van der Waals surface area contributed by atoms with Crippen LogP contribution in [0.3, 0.4) is 0 Å². The molecule has 0 radical (unpaired) electrons. The van der Waals surface area contributed by atoms with E-state index in [4.69, 9.17) is 5.11 Å². The van der Waals surface area contributed by atoms with E-state index in [1.807, 2.05) is 13.0 Å². The Balaban J connectivity index is 2.17. The summed E-state index contributed by atoms with van der Waals surface area (Å²) in [5.74, 6) is -0.877. The number of piperidine rings is 1. The minimum atomic E-state index is -0.840. The standard InChI is InChI=1S/C13H16BrNO3S/c1-8-6-10(19-12(8)14)13(18)15-5-3-2-4-9(15)7-11(16)17/h6,9H,2-5,7H2,1H3,(H,16,17). The number of hydrogen-bond donors (Lipinski definition) is 1. The number of rotatable bonds is 3. The van der Waals surface area contributed by atoms with Crippen molar-refractivity contribution in [3.8, 4) is 0 Å². The Morgan fingerprint density at radius 2 is 2.26 bits per heavy atom. The number of nitrogens with zero attached hydrogens (tertiary/aromatic N) is 1. The van der Waals surface area contributed by atoms with Gasteiger partial charge in [0.15, 0.2) is 0 Å². The van der Waals surface area contributed by atoms with E-state index in [1.165, 1.54) is 11.3 Å². The Kier molecular flexibility index (Phi) is 4.62. The van der Waals surface area contributed by atoms with Crippen molar-refractivity contribution >= 4 is 39.1 Å². The van der Waals surface area contributed by atoms with Crippen molar-refractivity contribution in [3.05, 3.63) is 20.3 Å². The van der Waals surface area contributed by atoms with Crippen molar-refractivity contribution in [1.82, 2.24) is 4.90 Å². The fraction of sp³-hybridized carbons (Fsp3) is 0.538. The molecule has 1 saturated heterocycles. The van der Waals surface area contributed by atoms with Crippen LogP contribution < -0.4 is 0 Å². The predicted molar refractivity (Wildman–Crippen MR) is 77.7 cm³/mol. The molecule has 1 fully saturated rings. The zero-order valence-electron chi connectivity index (χ0n) is 10.7. The quantitative estimate of drug-likeness (QED) is 0.914. The van der Waals surface area contributed by atoms with Crippen LogP contribution in [0.25, 0.3) is 0 Å². The highest BCUT2D eigenvalue weighted by Gasteiger charge is 2.30. The molecule has 1 aromatic heterocycles. The van der Waals surface area contributed by atoms with Gasteiger partial charge < -0.3 is 10.0 Å². The molecule has 19 heavy (non-hydrogen) atoms. The van der Waals surface area contributed by atoms with E-state index < -0.39 is 5.97 Å². The molecule has 1 aromatic rings. The maximum atomic E-state index is 12.5. The highest BCUT2D eigenvalue weighted by atomic mass is 79.9. The lowest BCUT2D eigenvalue weighted by Gasteiger charge is -2.34. The van der Waals surface area contributed by atoms with Crippen molar-refractivity contribution in [1.29, 1.82) is 0 Å². The lowest BCUT2D eigenvalue weighted by Crippen LogP contribution is -2.44. The Labute approximate surface area is 124 Å². The fourth-order valence-electron chi connectivity index (χ4n) is 2.39. The first kappa shape index (κ1) is 14.5. The van der Waals surface area contributed by atoms with E-state index in [9.17, 15) is 9.59 Å². The number of hydrogen-bond acceptors (Lipinski definition) is 3. The number of halogens is 1. The van der Waals surface area contributed by atoms with Crippen LogP contribution in [-0.4, -0.2) is 34.5 Å². The van der Waals surface area contributed by atoms with Crippen LogP contribution in [0.15, 0.2) is 9.85 Å². The average molecular weight is 346 g/mol. The smallest absolute Gasteiger partial charge is 0.305 e. The first-order valence-electron chi connectivity index (χ1n) is 6.27. The third kappa shape index (κ3) is 3.36. The Hall–Kier alpha value is -0.880. The number of aliphatic carboxylic acids is 1. The van der Waals surface area contributed by atoms with Crippen molar-refractivity contribution in [2.24, 2.45) is 0 Å².